The van der Waals surface area contributed by atoms with Crippen LogP contribution < -0.4 is 14.8 Å². The van der Waals surface area contributed by atoms with Gasteiger partial charge in [0, 0.05) is 16.6 Å². The number of para-hydroxylation sites is 1. The zero-order valence-corrected chi connectivity index (χ0v) is 13.4. The number of nitrogens with one attached hydrogen (secondary N) is 1. The molecule has 0 bridgehead atoms. The van der Waals surface area contributed by atoms with Crippen molar-refractivity contribution in [3.05, 3.63) is 58.1 Å². The molecule has 0 atom stereocenters. The largest absolute Gasteiger partial charge is 0.496 e. The molecule has 0 radical (unpaired) electrons. The molecular formula is C16H16BrNO3. The minimum Gasteiger partial charge on any atom is -0.496 e. The molecule has 2 rings (SSSR count). The SMILES string of the molecule is COc1cc(Br)ccc1CNC(=O)c1ccccc1OC. The second-order valence-corrected chi connectivity index (χ2v) is 5.25. The van der Waals surface area contributed by atoms with E-state index in [0.717, 1.165) is 15.8 Å². The van der Waals surface area contributed by atoms with Gasteiger partial charge in [0.15, 0.2) is 0 Å². The van der Waals surface area contributed by atoms with Crippen molar-refractivity contribution in [2.24, 2.45) is 0 Å². The maximum Gasteiger partial charge on any atom is 0.255 e. The first-order chi connectivity index (χ1) is 10.2. The Balaban J connectivity index is 2.11. The van der Waals surface area contributed by atoms with Gasteiger partial charge in [0.25, 0.3) is 5.91 Å². The van der Waals surface area contributed by atoms with Crippen LogP contribution in [-0.2, 0) is 6.54 Å². The maximum absolute atomic E-state index is 12.2. The number of hydrogen-bond donors (Lipinski definition) is 1. The first-order valence-electron chi connectivity index (χ1n) is 6.39. The highest BCUT2D eigenvalue weighted by molar-refractivity contribution is 9.10. The lowest BCUT2D eigenvalue weighted by atomic mass is 10.1. The van der Waals surface area contributed by atoms with Crippen molar-refractivity contribution in [3.8, 4) is 11.5 Å². The molecule has 5 heteroatoms. The van der Waals surface area contributed by atoms with Crippen LogP contribution >= 0.6 is 15.9 Å². The molecule has 0 saturated heterocycles. The molecule has 2 aromatic rings. The number of rotatable bonds is 5. The average Bonchev–Trinajstić information content (AvgIpc) is 2.53. The second kappa shape index (κ2) is 7.13. The number of hydrogen-bond acceptors (Lipinski definition) is 3. The van der Waals surface area contributed by atoms with Gasteiger partial charge < -0.3 is 14.8 Å². The van der Waals surface area contributed by atoms with Crippen molar-refractivity contribution < 1.29 is 14.3 Å². The van der Waals surface area contributed by atoms with Gasteiger partial charge >= 0.3 is 0 Å². The molecular weight excluding hydrogens is 334 g/mol. The molecule has 2 aromatic carbocycles. The Hall–Kier alpha value is -2.01. The van der Waals surface area contributed by atoms with E-state index in [4.69, 9.17) is 9.47 Å². The fourth-order valence-corrected chi connectivity index (χ4v) is 2.31. The molecule has 0 fully saturated rings. The fraction of sp³-hybridized carbons (Fsp3) is 0.188. The van der Waals surface area contributed by atoms with E-state index in [1.165, 1.54) is 0 Å². The van der Waals surface area contributed by atoms with E-state index in [-0.39, 0.29) is 5.91 Å². The fourth-order valence-electron chi connectivity index (χ4n) is 1.97. The Labute approximate surface area is 132 Å². The van der Waals surface area contributed by atoms with Crippen LogP contribution in [0.5, 0.6) is 11.5 Å². The van der Waals surface area contributed by atoms with Crippen molar-refractivity contribution in [3.63, 3.8) is 0 Å². The van der Waals surface area contributed by atoms with E-state index < -0.39 is 0 Å². The van der Waals surface area contributed by atoms with Crippen LogP contribution in [0.1, 0.15) is 15.9 Å². The van der Waals surface area contributed by atoms with E-state index in [2.05, 4.69) is 21.2 Å². The summed E-state index contributed by atoms with van der Waals surface area (Å²) >= 11 is 3.39. The van der Waals surface area contributed by atoms with Crippen LogP contribution in [0.4, 0.5) is 0 Å². The van der Waals surface area contributed by atoms with Crippen LogP contribution in [0.15, 0.2) is 46.9 Å². The van der Waals surface area contributed by atoms with Gasteiger partial charge in [-0.25, -0.2) is 0 Å². The Bertz CT molecular complexity index is 643. The topological polar surface area (TPSA) is 47.6 Å². The molecule has 0 saturated carbocycles. The van der Waals surface area contributed by atoms with Crippen molar-refractivity contribution in [2.75, 3.05) is 14.2 Å². The summed E-state index contributed by atoms with van der Waals surface area (Å²) in [5.74, 6) is 1.10. The van der Waals surface area contributed by atoms with Crippen LogP contribution in [0.25, 0.3) is 0 Å². The summed E-state index contributed by atoms with van der Waals surface area (Å²) < 4.78 is 11.4. The van der Waals surface area contributed by atoms with Gasteiger partial charge in [0.05, 0.1) is 19.8 Å². The van der Waals surface area contributed by atoms with Crippen LogP contribution in [-0.4, -0.2) is 20.1 Å². The third-order valence-corrected chi connectivity index (χ3v) is 3.53. The zero-order valence-electron chi connectivity index (χ0n) is 11.9. The number of ether oxygens (including phenoxy) is 2. The molecule has 0 aliphatic carbocycles. The van der Waals surface area contributed by atoms with Crippen molar-refractivity contribution in [1.82, 2.24) is 5.32 Å². The minimum absolute atomic E-state index is 0.183. The van der Waals surface area contributed by atoms with Gasteiger partial charge in [-0.1, -0.05) is 34.1 Å². The smallest absolute Gasteiger partial charge is 0.255 e. The number of carbonyl (C=O) groups excluding carboxylic acids is 1. The molecule has 0 unspecified atom stereocenters. The first kappa shape index (κ1) is 15.4. The summed E-state index contributed by atoms with van der Waals surface area (Å²) in [6, 6.07) is 12.8. The normalized spacial score (nSPS) is 10.0. The number of benzene rings is 2. The van der Waals surface area contributed by atoms with Crippen LogP contribution in [0.2, 0.25) is 0 Å². The number of halogens is 1. The van der Waals surface area contributed by atoms with E-state index in [9.17, 15) is 4.79 Å². The quantitative estimate of drug-likeness (QED) is 0.899. The van der Waals surface area contributed by atoms with Crippen LogP contribution in [0.3, 0.4) is 0 Å². The second-order valence-electron chi connectivity index (χ2n) is 4.34. The van der Waals surface area contributed by atoms with Crippen molar-refractivity contribution in [2.45, 2.75) is 6.54 Å². The first-order valence-corrected chi connectivity index (χ1v) is 7.18. The van der Waals surface area contributed by atoms with Gasteiger partial charge in [-0.2, -0.15) is 0 Å². The third-order valence-electron chi connectivity index (χ3n) is 3.04. The standard InChI is InChI=1S/C16H16BrNO3/c1-20-14-6-4-3-5-13(14)16(19)18-10-11-7-8-12(17)9-15(11)21-2/h3-9H,10H2,1-2H3,(H,18,19). The van der Waals surface area contributed by atoms with E-state index >= 15 is 0 Å². The Kier molecular flexibility index (Phi) is 5.22. The Morgan fingerprint density at radius 1 is 1.10 bits per heavy atom. The van der Waals surface area contributed by atoms with E-state index in [0.29, 0.717) is 17.9 Å². The number of methoxy groups -OCH3 is 2. The van der Waals surface area contributed by atoms with Gasteiger partial charge in [-0.05, 0) is 24.3 Å². The lowest BCUT2D eigenvalue weighted by Crippen LogP contribution is -2.23. The van der Waals surface area contributed by atoms with Gasteiger partial charge in [0.2, 0.25) is 0 Å². The molecule has 0 spiro atoms. The molecule has 0 aliphatic rings. The summed E-state index contributed by atoms with van der Waals surface area (Å²) in [7, 11) is 3.15. The van der Waals surface area contributed by atoms with Crippen molar-refractivity contribution >= 4 is 21.8 Å². The van der Waals surface area contributed by atoms with E-state index in [1.807, 2.05) is 24.3 Å². The molecule has 0 aromatic heterocycles. The maximum atomic E-state index is 12.2. The zero-order chi connectivity index (χ0) is 15.2. The number of carbonyl (C=O) groups is 1. The summed E-state index contributed by atoms with van der Waals surface area (Å²) in [6.07, 6.45) is 0. The minimum atomic E-state index is -0.183. The highest BCUT2D eigenvalue weighted by atomic mass is 79.9. The summed E-state index contributed by atoms with van der Waals surface area (Å²) in [5, 5.41) is 2.87. The summed E-state index contributed by atoms with van der Waals surface area (Å²) in [5.41, 5.74) is 1.42. The lowest BCUT2D eigenvalue weighted by Gasteiger charge is -2.11. The molecule has 1 amide bonds. The molecule has 21 heavy (non-hydrogen) atoms. The predicted octanol–water partition coefficient (Wildman–Crippen LogP) is 3.40. The van der Waals surface area contributed by atoms with E-state index in [1.54, 1.807) is 32.4 Å². The van der Waals surface area contributed by atoms with Gasteiger partial charge in [-0.3, -0.25) is 4.79 Å². The summed E-state index contributed by atoms with van der Waals surface area (Å²) in [6.45, 7) is 0.382. The van der Waals surface area contributed by atoms with Gasteiger partial charge in [0.1, 0.15) is 11.5 Å². The molecule has 0 aliphatic heterocycles. The van der Waals surface area contributed by atoms with Gasteiger partial charge in [-0.15, -0.1) is 0 Å². The Morgan fingerprint density at radius 2 is 1.81 bits per heavy atom. The molecule has 110 valence electrons. The van der Waals surface area contributed by atoms with Crippen LogP contribution in [0, 0.1) is 0 Å². The lowest BCUT2D eigenvalue weighted by molar-refractivity contribution is 0.0947. The predicted molar refractivity (Wildman–Crippen MR) is 84.9 cm³/mol. The molecule has 0 heterocycles. The monoisotopic (exact) mass is 349 g/mol. The number of amides is 1. The summed E-state index contributed by atoms with van der Waals surface area (Å²) in [4.78, 5) is 12.2. The van der Waals surface area contributed by atoms with Crippen molar-refractivity contribution in [1.29, 1.82) is 0 Å². The highest BCUT2D eigenvalue weighted by Crippen LogP contribution is 2.23. The molecule has 1 N–H and O–H groups in total. The average molecular weight is 350 g/mol. The highest BCUT2D eigenvalue weighted by Gasteiger charge is 2.12. The molecule has 4 nitrogen and oxygen atoms in total. The third kappa shape index (κ3) is 3.76. The Morgan fingerprint density at radius 3 is 2.52 bits per heavy atom.